The molecule has 0 aromatic heterocycles. The maximum Gasteiger partial charge on any atom is 0.0943 e. The van der Waals surface area contributed by atoms with Gasteiger partial charge >= 0.3 is 0 Å². The van der Waals surface area contributed by atoms with Gasteiger partial charge in [0.05, 0.1) is 6.10 Å². The summed E-state index contributed by atoms with van der Waals surface area (Å²) in [6.45, 7) is 5.18. The molecule has 2 heteroatoms. The summed E-state index contributed by atoms with van der Waals surface area (Å²) in [7, 11) is 0. The molecule has 0 spiro atoms. The molecule has 1 saturated heterocycles. The van der Waals surface area contributed by atoms with E-state index >= 15 is 0 Å². The van der Waals surface area contributed by atoms with E-state index in [-0.39, 0.29) is 12.1 Å². The Morgan fingerprint density at radius 1 is 1.27 bits per heavy atom. The molecule has 0 saturated carbocycles. The first-order valence-electron chi connectivity index (χ1n) is 5.66. The van der Waals surface area contributed by atoms with Crippen molar-refractivity contribution in [1.82, 2.24) is 5.32 Å². The first-order valence-corrected chi connectivity index (χ1v) is 5.66. The maximum atomic E-state index is 10.2. The fraction of sp³-hybridized carbons (Fsp3) is 0.538. The molecule has 0 radical (unpaired) electrons. The molecule has 0 amide bonds. The van der Waals surface area contributed by atoms with Gasteiger partial charge in [-0.1, -0.05) is 29.3 Å². The third-order valence-corrected chi connectivity index (χ3v) is 3.07. The van der Waals surface area contributed by atoms with Gasteiger partial charge in [0.2, 0.25) is 0 Å². The first-order chi connectivity index (χ1) is 7.16. The quantitative estimate of drug-likeness (QED) is 0.775. The average Bonchev–Trinajstić information content (AvgIpc) is 2.67. The Morgan fingerprint density at radius 2 is 1.93 bits per heavy atom. The highest BCUT2D eigenvalue weighted by Crippen LogP contribution is 2.24. The zero-order valence-electron chi connectivity index (χ0n) is 9.46. The van der Waals surface area contributed by atoms with Gasteiger partial charge in [-0.3, -0.25) is 0 Å². The van der Waals surface area contributed by atoms with Crippen LogP contribution in [0.15, 0.2) is 18.2 Å². The van der Waals surface area contributed by atoms with Crippen LogP contribution < -0.4 is 5.32 Å². The van der Waals surface area contributed by atoms with Crippen LogP contribution in [0.5, 0.6) is 0 Å². The van der Waals surface area contributed by atoms with Crippen LogP contribution >= 0.6 is 0 Å². The molecule has 2 atom stereocenters. The van der Waals surface area contributed by atoms with Gasteiger partial charge in [0.1, 0.15) is 0 Å². The molecule has 1 aromatic rings. The van der Waals surface area contributed by atoms with E-state index in [0.717, 1.165) is 18.5 Å². The molecular weight excluding hydrogens is 186 g/mol. The van der Waals surface area contributed by atoms with Gasteiger partial charge in [0.25, 0.3) is 0 Å². The van der Waals surface area contributed by atoms with E-state index < -0.39 is 0 Å². The summed E-state index contributed by atoms with van der Waals surface area (Å²) >= 11 is 0. The smallest absolute Gasteiger partial charge is 0.0943 e. The molecule has 2 N–H and O–H groups in total. The highest BCUT2D eigenvalue weighted by atomic mass is 16.3. The van der Waals surface area contributed by atoms with Crippen molar-refractivity contribution >= 4 is 0 Å². The summed E-state index contributed by atoms with van der Waals surface area (Å²) in [6.07, 6.45) is 1.90. The van der Waals surface area contributed by atoms with Gasteiger partial charge in [-0.25, -0.2) is 0 Å². The number of aryl methyl sites for hydroxylation is 2. The van der Waals surface area contributed by atoms with Gasteiger partial charge in [0.15, 0.2) is 0 Å². The van der Waals surface area contributed by atoms with Gasteiger partial charge in [-0.15, -0.1) is 0 Å². The molecule has 15 heavy (non-hydrogen) atoms. The lowest BCUT2D eigenvalue weighted by Gasteiger charge is -2.19. The van der Waals surface area contributed by atoms with Crippen molar-refractivity contribution in [2.75, 3.05) is 6.54 Å². The highest BCUT2D eigenvalue weighted by molar-refractivity contribution is 5.30. The molecule has 1 aromatic carbocycles. The minimum atomic E-state index is -0.355. The molecule has 1 aliphatic rings. The fourth-order valence-corrected chi connectivity index (χ4v) is 2.39. The van der Waals surface area contributed by atoms with Crippen LogP contribution in [-0.2, 0) is 0 Å². The normalized spacial score (nSPS) is 23.0. The van der Waals surface area contributed by atoms with Crippen LogP contribution in [0.1, 0.15) is 35.6 Å². The van der Waals surface area contributed by atoms with Crippen molar-refractivity contribution in [3.05, 3.63) is 34.9 Å². The Kier molecular flexibility index (Phi) is 3.08. The Hall–Kier alpha value is -0.860. The molecule has 2 rings (SSSR count). The molecule has 1 heterocycles. The van der Waals surface area contributed by atoms with E-state index in [1.807, 2.05) is 0 Å². The van der Waals surface area contributed by atoms with E-state index in [0.29, 0.717) is 0 Å². The predicted octanol–water partition coefficient (Wildman–Crippen LogP) is 2.09. The first kappa shape index (κ1) is 10.7. The van der Waals surface area contributed by atoms with Crippen LogP contribution in [0, 0.1) is 13.8 Å². The van der Waals surface area contributed by atoms with Crippen molar-refractivity contribution in [3.8, 4) is 0 Å². The Labute approximate surface area is 91.3 Å². The number of benzene rings is 1. The molecule has 1 fully saturated rings. The topological polar surface area (TPSA) is 32.3 Å². The van der Waals surface area contributed by atoms with E-state index in [4.69, 9.17) is 0 Å². The van der Waals surface area contributed by atoms with E-state index in [1.54, 1.807) is 0 Å². The second kappa shape index (κ2) is 4.33. The Morgan fingerprint density at radius 3 is 2.47 bits per heavy atom. The fourth-order valence-electron chi connectivity index (χ4n) is 2.39. The molecule has 0 aliphatic carbocycles. The molecule has 0 bridgehead atoms. The highest BCUT2D eigenvalue weighted by Gasteiger charge is 2.23. The van der Waals surface area contributed by atoms with Crippen molar-refractivity contribution in [3.63, 3.8) is 0 Å². The van der Waals surface area contributed by atoms with Crippen molar-refractivity contribution in [2.24, 2.45) is 0 Å². The zero-order chi connectivity index (χ0) is 10.8. The third-order valence-electron chi connectivity index (χ3n) is 3.07. The van der Waals surface area contributed by atoms with Crippen LogP contribution in [0.3, 0.4) is 0 Å². The van der Waals surface area contributed by atoms with Gasteiger partial charge in [-0.2, -0.15) is 0 Å². The second-order valence-electron chi connectivity index (χ2n) is 4.57. The van der Waals surface area contributed by atoms with E-state index in [1.165, 1.54) is 17.5 Å². The number of hydrogen-bond acceptors (Lipinski definition) is 2. The molecule has 82 valence electrons. The summed E-state index contributed by atoms with van der Waals surface area (Å²) in [5, 5.41) is 13.6. The second-order valence-corrected chi connectivity index (χ2v) is 4.57. The largest absolute Gasteiger partial charge is 0.387 e. The average molecular weight is 205 g/mol. The SMILES string of the molecule is Cc1cc(C)cc([C@@H](O)[C@@H]2CCCN2)c1. The number of aliphatic hydroxyl groups is 1. The van der Waals surface area contributed by atoms with E-state index in [2.05, 4.69) is 37.4 Å². The van der Waals surface area contributed by atoms with Crippen LogP contribution in [-0.4, -0.2) is 17.7 Å². The minimum absolute atomic E-state index is 0.242. The maximum absolute atomic E-state index is 10.2. The lowest BCUT2D eigenvalue weighted by molar-refractivity contribution is 0.137. The van der Waals surface area contributed by atoms with Crippen molar-refractivity contribution in [2.45, 2.75) is 38.8 Å². The van der Waals surface area contributed by atoms with Gasteiger partial charge in [-0.05, 0) is 38.8 Å². The molecule has 2 nitrogen and oxygen atoms in total. The third kappa shape index (κ3) is 2.39. The molecule has 1 aliphatic heterocycles. The summed E-state index contributed by atoms with van der Waals surface area (Å²) in [4.78, 5) is 0. The van der Waals surface area contributed by atoms with Crippen molar-refractivity contribution < 1.29 is 5.11 Å². The number of rotatable bonds is 2. The van der Waals surface area contributed by atoms with Gasteiger partial charge < -0.3 is 10.4 Å². The number of nitrogens with one attached hydrogen (secondary N) is 1. The predicted molar refractivity (Wildman–Crippen MR) is 61.9 cm³/mol. The molecule has 0 unspecified atom stereocenters. The summed E-state index contributed by atoms with van der Waals surface area (Å²) in [5.74, 6) is 0. The van der Waals surface area contributed by atoms with Crippen LogP contribution in [0.4, 0.5) is 0 Å². The lowest BCUT2D eigenvalue weighted by atomic mass is 9.97. The Bertz CT molecular complexity index is 322. The van der Waals surface area contributed by atoms with Crippen LogP contribution in [0.2, 0.25) is 0 Å². The number of aliphatic hydroxyl groups excluding tert-OH is 1. The summed E-state index contributed by atoms with van der Waals surface area (Å²) in [6, 6.07) is 6.54. The van der Waals surface area contributed by atoms with E-state index in [9.17, 15) is 5.11 Å². The number of hydrogen-bond donors (Lipinski definition) is 2. The minimum Gasteiger partial charge on any atom is -0.387 e. The lowest BCUT2D eigenvalue weighted by Crippen LogP contribution is -2.28. The van der Waals surface area contributed by atoms with Crippen molar-refractivity contribution in [1.29, 1.82) is 0 Å². The molecular formula is C13H19NO. The summed E-state index contributed by atoms with van der Waals surface area (Å²) < 4.78 is 0. The Balaban J connectivity index is 2.20. The standard InChI is InChI=1S/C13H19NO/c1-9-6-10(2)8-11(7-9)13(15)12-4-3-5-14-12/h6-8,12-15H,3-5H2,1-2H3/t12-,13+/m0/s1. The summed E-state index contributed by atoms with van der Waals surface area (Å²) in [5.41, 5.74) is 3.50. The van der Waals surface area contributed by atoms with Gasteiger partial charge in [0, 0.05) is 6.04 Å². The zero-order valence-corrected chi connectivity index (χ0v) is 9.46. The monoisotopic (exact) mass is 205 g/mol. The van der Waals surface area contributed by atoms with Crippen LogP contribution in [0.25, 0.3) is 0 Å².